The van der Waals surface area contributed by atoms with Crippen molar-refractivity contribution < 1.29 is 9.18 Å². The third-order valence-electron chi connectivity index (χ3n) is 2.55. The summed E-state index contributed by atoms with van der Waals surface area (Å²) in [5.74, 6) is -0.222. The van der Waals surface area contributed by atoms with Gasteiger partial charge in [-0.15, -0.1) is 0 Å². The van der Waals surface area contributed by atoms with Crippen molar-refractivity contribution in [1.82, 2.24) is 4.98 Å². The maximum absolute atomic E-state index is 12.9. The molecule has 2 rings (SSSR count). The topological polar surface area (TPSA) is 30.0 Å². The van der Waals surface area contributed by atoms with E-state index < -0.39 is 0 Å². The molecule has 0 saturated carbocycles. The average Bonchev–Trinajstić information content (AvgIpc) is 2.34. The average molecular weight is 308 g/mol. The predicted molar refractivity (Wildman–Crippen MR) is 70.8 cm³/mol. The lowest BCUT2D eigenvalue weighted by molar-refractivity contribution is -0.117. The zero-order valence-corrected chi connectivity index (χ0v) is 11.2. The molecule has 0 aliphatic carbocycles. The zero-order chi connectivity index (χ0) is 13.0. The minimum absolute atomic E-state index is 0.0912. The lowest BCUT2D eigenvalue weighted by Crippen LogP contribution is -2.07. The van der Waals surface area contributed by atoms with Crippen molar-refractivity contribution in [2.24, 2.45) is 0 Å². The van der Waals surface area contributed by atoms with Crippen LogP contribution in [0.15, 0.2) is 47.2 Å². The Morgan fingerprint density at radius 3 is 2.56 bits per heavy atom. The van der Waals surface area contributed by atoms with Crippen LogP contribution in [-0.4, -0.2) is 10.8 Å². The Labute approximate surface area is 113 Å². The molecule has 0 aliphatic rings. The quantitative estimate of drug-likeness (QED) is 0.867. The van der Waals surface area contributed by atoms with Crippen LogP contribution in [0.3, 0.4) is 0 Å². The van der Waals surface area contributed by atoms with Crippen LogP contribution in [0.5, 0.6) is 0 Å². The van der Waals surface area contributed by atoms with Gasteiger partial charge in [0.15, 0.2) is 0 Å². The molecule has 0 atom stereocenters. The highest BCUT2D eigenvalue weighted by Gasteiger charge is 2.08. The van der Waals surface area contributed by atoms with Gasteiger partial charge in [0, 0.05) is 29.7 Å². The second-order valence-electron chi connectivity index (χ2n) is 3.98. The Bertz CT molecular complexity index is 557. The second kappa shape index (κ2) is 5.87. The molecule has 4 heteroatoms. The van der Waals surface area contributed by atoms with Crippen LogP contribution in [0, 0.1) is 5.82 Å². The highest BCUT2D eigenvalue weighted by Crippen LogP contribution is 2.19. The Morgan fingerprint density at radius 2 is 1.89 bits per heavy atom. The summed E-state index contributed by atoms with van der Waals surface area (Å²) in [4.78, 5) is 15.8. The number of hydrogen-bond acceptors (Lipinski definition) is 2. The summed E-state index contributed by atoms with van der Waals surface area (Å²) in [6.45, 7) is 0. The number of hydrogen-bond donors (Lipinski definition) is 0. The molecule has 0 amide bonds. The summed E-state index contributed by atoms with van der Waals surface area (Å²) < 4.78 is 13.5. The molecule has 2 nitrogen and oxygen atoms in total. The van der Waals surface area contributed by atoms with E-state index in [2.05, 4.69) is 20.9 Å². The van der Waals surface area contributed by atoms with Gasteiger partial charge in [-0.1, -0.05) is 22.0 Å². The first-order valence-electron chi connectivity index (χ1n) is 5.49. The van der Waals surface area contributed by atoms with Gasteiger partial charge >= 0.3 is 0 Å². The fraction of sp³-hybridized carbons (Fsp3) is 0.143. The van der Waals surface area contributed by atoms with Crippen LogP contribution in [0.1, 0.15) is 11.1 Å². The van der Waals surface area contributed by atoms with Gasteiger partial charge in [-0.3, -0.25) is 9.78 Å². The number of halogens is 2. The smallest absolute Gasteiger partial charge is 0.141 e. The molecule has 2 aromatic rings. The first-order chi connectivity index (χ1) is 8.65. The lowest BCUT2D eigenvalue weighted by atomic mass is 10.0. The largest absolute Gasteiger partial charge is 0.299 e. The number of benzene rings is 1. The Balaban J connectivity index is 2.03. The number of pyridine rings is 1. The predicted octanol–water partition coefficient (Wildman–Crippen LogP) is 3.34. The third kappa shape index (κ3) is 3.47. The van der Waals surface area contributed by atoms with Crippen molar-refractivity contribution in [3.05, 3.63) is 64.1 Å². The van der Waals surface area contributed by atoms with Crippen LogP contribution in [0.4, 0.5) is 4.39 Å². The van der Waals surface area contributed by atoms with Gasteiger partial charge in [0.25, 0.3) is 0 Å². The summed E-state index contributed by atoms with van der Waals surface area (Å²) >= 11 is 3.26. The van der Waals surface area contributed by atoms with Crippen molar-refractivity contribution in [3.63, 3.8) is 0 Å². The molecule has 0 N–H and O–H groups in total. The number of nitrogens with zero attached hydrogens (tertiary/aromatic N) is 1. The van der Waals surface area contributed by atoms with E-state index in [1.807, 2.05) is 12.1 Å². The van der Waals surface area contributed by atoms with Gasteiger partial charge in [0.2, 0.25) is 0 Å². The molecule has 0 fully saturated rings. The first-order valence-corrected chi connectivity index (χ1v) is 6.29. The van der Waals surface area contributed by atoms with E-state index in [0.717, 1.165) is 11.1 Å². The van der Waals surface area contributed by atoms with Crippen molar-refractivity contribution >= 4 is 21.7 Å². The maximum Gasteiger partial charge on any atom is 0.141 e. The van der Waals surface area contributed by atoms with Gasteiger partial charge in [0.05, 0.1) is 0 Å². The van der Waals surface area contributed by atoms with E-state index in [4.69, 9.17) is 0 Å². The molecule has 1 heterocycles. The number of aromatic nitrogens is 1. The summed E-state index contributed by atoms with van der Waals surface area (Å²) in [5.41, 5.74) is 1.74. The Kier molecular flexibility index (Phi) is 4.20. The summed E-state index contributed by atoms with van der Waals surface area (Å²) in [5, 5.41) is 0. The van der Waals surface area contributed by atoms with Gasteiger partial charge in [-0.25, -0.2) is 4.39 Å². The normalized spacial score (nSPS) is 10.3. The number of Topliss-reactive ketones (excluding diaryl/α,β-unsaturated/α-hetero) is 1. The van der Waals surface area contributed by atoms with Crippen molar-refractivity contribution in [3.8, 4) is 0 Å². The molecular weight excluding hydrogens is 297 g/mol. The van der Waals surface area contributed by atoms with Crippen molar-refractivity contribution in [1.29, 1.82) is 0 Å². The zero-order valence-electron chi connectivity index (χ0n) is 9.57. The second-order valence-corrected chi connectivity index (χ2v) is 4.84. The highest BCUT2D eigenvalue weighted by molar-refractivity contribution is 9.10. The Morgan fingerprint density at radius 1 is 1.17 bits per heavy atom. The van der Waals surface area contributed by atoms with E-state index in [0.29, 0.717) is 17.3 Å². The molecule has 0 aliphatic heterocycles. The lowest BCUT2D eigenvalue weighted by Gasteiger charge is -2.04. The number of carbonyl (C=O) groups excluding carboxylic acids is 1. The minimum atomic E-state index is -0.313. The van der Waals surface area contributed by atoms with Gasteiger partial charge in [-0.05, 0) is 35.4 Å². The van der Waals surface area contributed by atoms with Crippen LogP contribution in [-0.2, 0) is 17.6 Å². The van der Waals surface area contributed by atoms with Gasteiger partial charge < -0.3 is 0 Å². The highest BCUT2D eigenvalue weighted by atomic mass is 79.9. The fourth-order valence-electron chi connectivity index (χ4n) is 1.67. The van der Waals surface area contributed by atoms with Crippen LogP contribution >= 0.6 is 15.9 Å². The SMILES string of the molecule is O=C(Cc1ccncc1)Cc1ccc(F)cc1Br. The number of ketones is 1. The molecule has 1 aromatic carbocycles. The molecule has 0 unspecified atom stereocenters. The fourth-order valence-corrected chi connectivity index (χ4v) is 2.16. The van der Waals surface area contributed by atoms with E-state index >= 15 is 0 Å². The summed E-state index contributed by atoms with van der Waals surface area (Å²) in [6, 6.07) is 7.99. The van der Waals surface area contributed by atoms with E-state index in [-0.39, 0.29) is 11.6 Å². The monoisotopic (exact) mass is 307 g/mol. The molecule has 92 valence electrons. The Hall–Kier alpha value is -1.55. The molecule has 1 aromatic heterocycles. The molecule has 0 bridgehead atoms. The van der Waals surface area contributed by atoms with Gasteiger partial charge in [0.1, 0.15) is 11.6 Å². The maximum atomic E-state index is 12.9. The summed E-state index contributed by atoms with van der Waals surface area (Å²) in [6.07, 6.45) is 3.99. The van der Waals surface area contributed by atoms with Crippen molar-refractivity contribution in [2.75, 3.05) is 0 Å². The van der Waals surface area contributed by atoms with Crippen LogP contribution in [0.25, 0.3) is 0 Å². The molecule has 0 saturated heterocycles. The summed E-state index contributed by atoms with van der Waals surface area (Å²) in [7, 11) is 0. The molecule has 18 heavy (non-hydrogen) atoms. The van der Waals surface area contributed by atoms with Gasteiger partial charge in [-0.2, -0.15) is 0 Å². The molecular formula is C14H11BrFNO. The first kappa shape index (κ1) is 12.9. The van der Waals surface area contributed by atoms with Crippen molar-refractivity contribution in [2.45, 2.75) is 12.8 Å². The molecule has 0 spiro atoms. The number of rotatable bonds is 4. The van der Waals surface area contributed by atoms with Crippen LogP contribution in [0.2, 0.25) is 0 Å². The third-order valence-corrected chi connectivity index (χ3v) is 3.29. The minimum Gasteiger partial charge on any atom is -0.299 e. The van der Waals surface area contributed by atoms with E-state index in [1.165, 1.54) is 12.1 Å². The van der Waals surface area contributed by atoms with E-state index in [1.54, 1.807) is 18.5 Å². The standard InChI is InChI=1S/C14H11BrFNO/c15-14-9-12(16)2-1-11(14)8-13(18)7-10-3-5-17-6-4-10/h1-6,9H,7-8H2. The number of carbonyl (C=O) groups is 1. The molecule has 0 radical (unpaired) electrons. The van der Waals surface area contributed by atoms with Crippen LogP contribution < -0.4 is 0 Å². The van der Waals surface area contributed by atoms with E-state index in [9.17, 15) is 9.18 Å².